The number of hydrogen-bond donors (Lipinski definition) is 1. The van der Waals surface area contributed by atoms with Crippen molar-refractivity contribution in [3.63, 3.8) is 0 Å². The van der Waals surface area contributed by atoms with Gasteiger partial charge in [-0.05, 0) is 30.4 Å². The van der Waals surface area contributed by atoms with Crippen LogP contribution >= 0.6 is 11.8 Å². The van der Waals surface area contributed by atoms with Crippen LogP contribution < -0.4 is 5.32 Å². The molecular formula is C12H26N2OS. The van der Waals surface area contributed by atoms with Crippen LogP contribution in [0.4, 0.5) is 0 Å². The van der Waals surface area contributed by atoms with Crippen molar-refractivity contribution >= 4 is 17.7 Å². The SMILES string of the molecule is CCSCCCNC(C(=O)N(C)C)C(C)C. The quantitative estimate of drug-likeness (QED) is 0.663. The third-order valence-corrected chi connectivity index (χ3v) is 3.39. The Morgan fingerprint density at radius 2 is 2.00 bits per heavy atom. The van der Waals surface area contributed by atoms with Crippen molar-refractivity contribution in [3.8, 4) is 0 Å². The number of thioether (sulfide) groups is 1. The second kappa shape index (κ2) is 8.88. The lowest BCUT2D eigenvalue weighted by atomic mass is 10.0. The van der Waals surface area contributed by atoms with Crippen LogP contribution in [-0.4, -0.2) is 49.0 Å². The third kappa shape index (κ3) is 6.38. The van der Waals surface area contributed by atoms with E-state index in [9.17, 15) is 4.79 Å². The highest BCUT2D eigenvalue weighted by Gasteiger charge is 2.22. The minimum Gasteiger partial charge on any atom is -0.347 e. The Bertz CT molecular complexity index is 195. The highest BCUT2D eigenvalue weighted by molar-refractivity contribution is 7.99. The van der Waals surface area contributed by atoms with Crippen molar-refractivity contribution in [1.29, 1.82) is 0 Å². The monoisotopic (exact) mass is 246 g/mol. The molecule has 16 heavy (non-hydrogen) atoms. The van der Waals surface area contributed by atoms with Crippen LogP contribution in [0.5, 0.6) is 0 Å². The molecule has 0 aliphatic heterocycles. The number of amides is 1. The summed E-state index contributed by atoms with van der Waals surface area (Å²) in [5.41, 5.74) is 0. The first-order valence-electron chi connectivity index (χ1n) is 6.03. The lowest BCUT2D eigenvalue weighted by Crippen LogP contribution is -2.47. The zero-order chi connectivity index (χ0) is 12.6. The molecular weight excluding hydrogens is 220 g/mol. The minimum absolute atomic E-state index is 0.0402. The average molecular weight is 246 g/mol. The molecule has 0 aliphatic carbocycles. The standard InChI is InChI=1S/C12H26N2OS/c1-6-16-9-7-8-13-11(10(2)3)12(15)14(4)5/h10-11,13H,6-9H2,1-5H3. The van der Waals surface area contributed by atoms with E-state index in [2.05, 4.69) is 26.1 Å². The maximum Gasteiger partial charge on any atom is 0.239 e. The van der Waals surface area contributed by atoms with Crippen molar-refractivity contribution in [2.75, 3.05) is 32.1 Å². The molecule has 1 N–H and O–H groups in total. The highest BCUT2D eigenvalue weighted by Crippen LogP contribution is 2.05. The van der Waals surface area contributed by atoms with E-state index in [1.54, 1.807) is 4.90 Å². The van der Waals surface area contributed by atoms with Crippen molar-refractivity contribution < 1.29 is 4.79 Å². The van der Waals surface area contributed by atoms with Gasteiger partial charge in [-0.3, -0.25) is 4.79 Å². The Morgan fingerprint density at radius 1 is 1.38 bits per heavy atom. The van der Waals surface area contributed by atoms with Gasteiger partial charge in [-0.25, -0.2) is 0 Å². The number of nitrogens with one attached hydrogen (secondary N) is 1. The molecule has 1 amide bonds. The van der Waals surface area contributed by atoms with Gasteiger partial charge in [-0.1, -0.05) is 20.8 Å². The van der Waals surface area contributed by atoms with E-state index in [0.717, 1.165) is 13.0 Å². The fourth-order valence-corrected chi connectivity index (χ4v) is 2.10. The molecule has 0 aliphatic rings. The van der Waals surface area contributed by atoms with E-state index in [1.807, 2.05) is 25.9 Å². The Labute approximate surface area is 104 Å². The highest BCUT2D eigenvalue weighted by atomic mass is 32.2. The summed E-state index contributed by atoms with van der Waals surface area (Å²) in [6.45, 7) is 7.26. The molecule has 0 fully saturated rings. The van der Waals surface area contributed by atoms with Gasteiger partial charge in [-0.15, -0.1) is 0 Å². The molecule has 0 saturated heterocycles. The summed E-state index contributed by atoms with van der Waals surface area (Å²) in [5, 5.41) is 3.35. The topological polar surface area (TPSA) is 32.3 Å². The van der Waals surface area contributed by atoms with Gasteiger partial charge in [0.05, 0.1) is 6.04 Å². The molecule has 0 saturated carbocycles. The Balaban J connectivity index is 3.91. The van der Waals surface area contributed by atoms with Gasteiger partial charge in [0.2, 0.25) is 5.91 Å². The van der Waals surface area contributed by atoms with Crippen molar-refractivity contribution in [2.45, 2.75) is 33.2 Å². The summed E-state index contributed by atoms with van der Waals surface area (Å²) in [6.07, 6.45) is 1.13. The Morgan fingerprint density at radius 3 is 2.44 bits per heavy atom. The molecule has 0 rings (SSSR count). The van der Waals surface area contributed by atoms with E-state index in [4.69, 9.17) is 0 Å². The second-order valence-electron chi connectivity index (χ2n) is 4.46. The third-order valence-electron chi connectivity index (χ3n) is 2.41. The van der Waals surface area contributed by atoms with E-state index in [0.29, 0.717) is 5.92 Å². The maximum atomic E-state index is 11.9. The minimum atomic E-state index is -0.0402. The molecule has 0 radical (unpaired) electrons. The van der Waals surface area contributed by atoms with Crippen molar-refractivity contribution in [3.05, 3.63) is 0 Å². The zero-order valence-corrected chi connectivity index (χ0v) is 12.1. The molecule has 1 unspecified atom stereocenters. The smallest absolute Gasteiger partial charge is 0.239 e. The van der Waals surface area contributed by atoms with E-state index >= 15 is 0 Å². The summed E-state index contributed by atoms with van der Waals surface area (Å²) < 4.78 is 0. The first-order chi connectivity index (χ1) is 7.50. The van der Waals surface area contributed by atoms with E-state index in [1.165, 1.54) is 11.5 Å². The largest absolute Gasteiger partial charge is 0.347 e. The van der Waals surface area contributed by atoms with Crippen LogP contribution in [-0.2, 0) is 4.79 Å². The van der Waals surface area contributed by atoms with Gasteiger partial charge >= 0.3 is 0 Å². The number of likely N-dealkylation sites (N-methyl/N-ethyl adjacent to an activating group) is 1. The van der Waals surface area contributed by atoms with Crippen LogP contribution in [0.15, 0.2) is 0 Å². The normalized spacial score (nSPS) is 12.9. The molecule has 0 aromatic rings. The number of carbonyl (C=O) groups excluding carboxylic acids is 1. The molecule has 0 aromatic carbocycles. The maximum absolute atomic E-state index is 11.9. The van der Waals surface area contributed by atoms with Crippen LogP contribution in [0.2, 0.25) is 0 Å². The summed E-state index contributed by atoms with van der Waals surface area (Å²) in [7, 11) is 3.62. The summed E-state index contributed by atoms with van der Waals surface area (Å²) in [6, 6.07) is -0.0402. The number of carbonyl (C=O) groups is 1. The number of rotatable bonds is 8. The van der Waals surface area contributed by atoms with Crippen LogP contribution in [0.25, 0.3) is 0 Å². The molecule has 1 atom stereocenters. The fraction of sp³-hybridized carbons (Fsp3) is 0.917. The van der Waals surface area contributed by atoms with E-state index in [-0.39, 0.29) is 11.9 Å². The zero-order valence-electron chi connectivity index (χ0n) is 11.2. The fourth-order valence-electron chi connectivity index (χ4n) is 1.46. The summed E-state index contributed by atoms with van der Waals surface area (Å²) in [5.74, 6) is 2.86. The molecule has 0 bridgehead atoms. The van der Waals surface area contributed by atoms with Gasteiger partial charge in [-0.2, -0.15) is 11.8 Å². The first-order valence-corrected chi connectivity index (χ1v) is 7.18. The molecule has 4 heteroatoms. The van der Waals surface area contributed by atoms with Gasteiger partial charge in [0, 0.05) is 14.1 Å². The van der Waals surface area contributed by atoms with Crippen LogP contribution in [0, 0.1) is 5.92 Å². The first kappa shape index (κ1) is 15.8. The number of nitrogens with zero attached hydrogens (tertiary/aromatic N) is 1. The summed E-state index contributed by atoms with van der Waals surface area (Å²) in [4.78, 5) is 13.5. The lowest BCUT2D eigenvalue weighted by Gasteiger charge is -2.24. The van der Waals surface area contributed by atoms with E-state index < -0.39 is 0 Å². The van der Waals surface area contributed by atoms with Crippen LogP contribution in [0.1, 0.15) is 27.2 Å². The van der Waals surface area contributed by atoms with Crippen molar-refractivity contribution in [2.24, 2.45) is 5.92 Å². The Kier molecular flexibility index (Phi) is 8.76. The average Bonchev–Trinajstić information content (AvgIpc) is 2.21. The molecule has 0 heterocycles. The second-order valence-corrected chi connectivity index (χ2v) is 5.85. The summed E-state index contributed by atoms with van der Waals surface area (Å²) >= 11 is 1.95. The Hall–Kier alpha value is -0.220. The molecule has 0 spiro atoms. The van der Waals surface area contributed by atoms with Crippen molar-refractivity contribution in [1.82, 2.24) is 10.2 Å². The van der Waals surface area contributed by atoms with Gasteiger partial charge < -0.3 is 10.2 Å². The number of hydrogen-bond acceptors (Lipinski definition) is 3. The molecule has 96 valence electrons. The predicted molar refractivity (Wildman–Crippen MR) is 72.9 cm³/mol. The molecule has 0 aromatic heterocycles. The van der Waals surface area contributed by atoms with Crippen LogP contribution in [0.3, 0.4) is 0 Å². The van der Waals surface area contributed by atoms with Gasteiger partial charge in [0.1, 0.15) is 0 Å². The van der Waals surface area contributed by atoms with Gasteiger partial charge in [0.15, 0.2) is 0 Å². The molecule has 3 nitrogen and oxygen atoms in total. The van der Waals surface area contributed by atoms with Gasteiger partial charge in [0.25, 0.3) is 0 Å². The lowest BCUT2D eigenvalue weighted by molar-refractivity contribution is -0.132. The predicted octanol–water partition coefficient (Wildman–Crippen LogP) is 1.83.